The molecule has 3 aliphatic heterocycles. The van der Waals surface area contributed by atoms with Crippen LogP contribution in [0.1, 0.15) is 35.8 Å². The molecule has 0 aliphatic carbocycles. The van der Waals surface area contributed by atoms with Gasteiger partial charge < -0.3 is 40.1 Å². The van der Waals surface area contributed by atoms with Crippen LogP contribution in [-0.4, -0.2) is 121 Å². The quantitative estimate of drug-likeness (QED) is 0.171. The van der Waals surface area contributed by atoms with E-state index in [2.05, 4.69) is 39.7 Å². The Kier molecular flexibility index (Phi) is 7.67. The number of aromatic amines is 1. The van der Waals surface area contributed by atoms with Gasteiger partial charge in [0.05, 0.1) is 45.7 Å². The molecule has 0 spiro atoms. The molecule has 0 radical (unpaired) electrons. The van der Waals surface area contributed by atoms with Crippen LogP contribution in [0.3, 0.4) is 0 Å². The minimum absolute atomic E-state index is 0.0685. The summed E-state index contributed by atoms with van der Waals surface area (Å²) < 4.78 is 0.0999. The molecule has 0 bridgehead atoms. The van der Waals surface area contributed by atoms with E-state index in [0.717, 1.165) is 30.7 Å². The third kappa shape index (κ3) is 5.51. The number of aromatic hydroxyl groups is 1. The van der Waals surface area contributed by atoms with Gasteiger partial charge in [0.15, 0.2) is 0 Å². The molecule has 0 unspecified atom stereocenters. The number of anilines is 1. The number of hydrogen-bond acceptors (Lipinski definition) is 10. The number of thioether (sulfide) groups is 1. The minimum atomic E-state index is -1.36. The fourth-order valence-electron chi connectivity index (χ4n) is 6.09. The van der Waals surface area contributed by atoms with Crippen molar-refractivity contribution in [2.75, 3.05) is 45.2 Å². The van der Waals surface area contributed by atoms with E-state index < -0.39 is 57.4 Å². The van der Waals surface area contributed by atoms with E-state index in [4.69, 9.17) is 0 Å². The zero-order valence-electron chi connectivity index (χ0n) is 25.7. The number of β-lactam (4-membered cyclic amide) rings is 1. The van der Waals surface area contributed by atoms with E-state index >= 15 is 0 Å². The number of rotatable bonds is 7. The fourth-order valence-corrected chi connectivity index (χ4v) is 7.71. The van der Waals surface area contributed by atoms with Gasteiger partial charge in [-0.15, -0.1) is 11.8 Å². The number of quaternary nitrogens is 1. The number of nitrogens with one attached hydrogen (secondary N) is 3. The van der Waals surface area contributed by atoms with Crippen LogP contribution in [0, 0.1) is 0 Å². The van der Waals surface area contributed by atoms with Crippen LogP contribution in [0.25, 0.3) is 11.0 Å². The lowest BCUT2D eigenvalue weighted by atomic mass is 9.95. The summed E-state index contributed by atoms with van der Waals surface area (Å²) in [5, 5.41) is 24.2. The molecule has 5 N–H and O–H groups in total. The molecule has 16 heteroatoms. The molecular weight excluding hydrogens is 616 g/mol. The number of piperazine rings is 1. The predicted molar refractivity (Wildman–Crippen MR) is 168 cm³/mol. The lowest BCUT2D eigenvalue weighted by Crippen LogP contribution is -2.71. The van der Waals surface area contributed by atoms with Crippen molar-refractivity contribution in [3.05, 3.63) is 58.0 Å². The monoisotopic (exact) mass is 651 g/mol. The summed E-state index contributed by atoms with van der Waals surface area (Å²) in [5.41, 5.74) is -0.360. The molecule has 3 fully saturated rings. The SMILES string of the molecule is CC1(C)S[C@@H]2[C@H](NC(=O)[C@H](NC(=O)c3c[nH]c4nc(N5CC[N+](C)(C)CC5)ncc4c3=O)c3ccc(O)cc3)C(=O)N2[C@H]1C(=O)O. The van der Waals surface area contributed by atoms with E-state index in [1.54, 1.807) is 13.8 Å². The maximum atomic E-state index is 13.6. The van der Waals surface area contributed by atoms with Gasteiger partial charge in [-0.1, -0.05) is 12.1 Å². The number of carboxylic acid groups (broad SMARTS) is 1. The molecule has 0 saturated carbocycles. The number of pyridine rings is 1. The zero-order chi connectivity index (χ0) is 33.1. The number of phenols is 1. The summed E-state index contributed by atoms with van der Waals surface area (Å²) >= 11 is 1.27. The highest BCUT2D eigenvalue weighted by atomic mass is 32.2. The van der Waals surface area contributed by atoms with Crippen LogP contribution in [0.2, 0.25) is 0 Å². The Hall–Kier alpha value is -4.70. The zero-order valence-corrected chi connectivity index (χ0v) is 26.5. The second kappa shape index (κ2) is 11.3. The first-order valence-corrected chi connectivity index (χ1v) is 15.6. The average molecular weight is 652 g/mol. The van der Waals surface area contributed by atoms with Gasteiger partial charge in [0.2, 0.25) is 23.2 Å². The number of amides is 3. The highest BCUT2D eigenvalue weighted by Gasteiger charge is 2.64. The number of benzene rings is 1. The summed E-state index contributed by atoms with van der Waals surface area (Å²) in [5.74, 6) is -2.88. The van der Waals surface area contributed by atoms with Gasteiger partial charge in [0.1, 0.15) is 40.5 Å². The number of likely N-dealkylation sites (N-methyl/N-ethyl adjacent to an activating group) is 1. The number of carboxylic acids is 1. The lowest BCUT2D eigenvalue weighted by Gasteiger charge is -2.44. The molecule has 3 saturated heterocycles. The van der Waals surface area contributed by atoms with Crippen molar-refractivity contribution in [1.29, 1.82) is 0 Å². The first kappa shape index (κ1) is 31.3. The molecule has 4 atom stereocenters. The molecule has 1 aromatic carbocycles. The average Bonchev–Trinajstić information content (AvgIpc) is 3.26. The van der Waals surface area contributed by atoms with Crippen molar-refractivity contribution in [1.82, 2.24) is 30.5 Å². The number of aromatic nitrogens is 3. The summed E-state index contributed by atoms with van der Waals surface area (Å²) in [6, 6.07) is 2.11. The highest BCUT2D eigenvalue weighted by Crippen LogP contribution is 2.50. The van der Waals surface area contributed by atoms with Gasteiger partial charge in [-0.25, -0.2) is 9.78 Å². The maximum absolute atomic E-state index is 13.6. The fraction of sp³-hybridized carbons (Fsp3) is 0.433. The number of nitrogens with zero attached hydrogens (tertiary/aromatic N) is 5. The van der Waals surface area contributed by atoms with Crippen molar-refractivity contribution in [2.45, 2.75) is 42.1 Å². The first-order valence-electron chi connectivity index (χ1n) is 14.8. The molecule has 3 amide bonds. The Bertz CT molecular complexity index is 1800. The van der Waals surface area contributed by atoms with Gasteiger partial charge in [0.25, 0.3) is 5.91 Å². The number of carbonyl (C=O) groups is 4. The Labute approximate surface area is 267 Å². The summed E-state index contributed by atoms with van der Waals surface area (Å²) in [7, 11) is 4.31. The second-order valence-electron chi connectivity index (χ2n) is 12.9. The van der Waals surface area contributed by atoms with Crippen LogP contribution in [0.5, 0.6) is 5.75 Å². The van der Waals surface area contributed by atoms with Gasteiger partial charge >= 0.3 is 5.97 Å². The van der Waals surface area contributed by atoms with Crippen LogP contribution >= 0.6 is 11.8 Å². The Morgan fingerprint density at radius 3 is 2.46 bits per heavy atom. The first-order chi connectivity index (χ1) is 21.7. The third-order valence-corrected chi connectivity index (χ3v) is 10.4. The van der Waals surface area contributed by atoms with Crippen LogP contribution in [-0.2, 0) is 14.4 Å². The number of carbonyl (C=O) groups excluding carboxylic acids is 3. The molecule has 2 aromatic heterocycles. The van der Waals surface area contributed by atoms with E-state index in [1.807, 2.05) is 4.90 Å². The topological polar surface area (TPSA) is 198 Å². The molecule has 3 aromatic rings. The number of fused-ring (bicyclic) bond motifs is 2. The summed E-state index contributed by atoms with van der Waals surface area (Å²) in [4.78, 5) is 80.5. The standard InChI is InChI=1S/C30H34N8O7S/c1-30(2)22(28(44)45)37-26(43)20(27(37)46-30)34-25(42)19(15-5-7-16(39)8-6-15)33-24(41)18-14-31-23-17(21(18)40)13-32-29(35-23)36-9-11-38(3,4)12-10-36/h5-8,13-14,19-20,22,27H,9-12H2,1-4H3,(H4-,31,32,33,34,35,39,40,41,42,44,45)/p+1/t19-,20-,22+,27-/m1/s1. The second-order valence-corrected chi connectivity index (χ2v) is 14.7. The predicted octanol–water partition coefficient (Wildman–Crippen LogP) is 0.0229. The normalized spacial score (nSPS) is 23.7. The van der Waals surface area contributed by atoms with Crippen LogP contribution in [0.4, 0.5) is 5.95 Å². The highest BCUT2D eigenvalue weighted by molar-refractivity contribution is 8.01. The molecule has 5 heterocycles. The molecule has 46 heavy (non-hydrogen) atoms. The molecule has 15 nitrogen and oxygen atoms in total. The Morgan fingerprint density at radius 1 is 1.13 bits per heavy atom. The van der Waals surface area contributed by atoms with Crippen molar-refractivity contribution >= 4 is 52.4 Å². The maximum Gasteiger partial charge on any atom is 0.327 e. The number of H-pyrrole nitrogens is 1. The summed E-state index contributed by atoms with van der Waals surface area (Å²) in [6.07, 6.45) is 2.61. The van der Waals surface area contributed by atoms with Crippen molar-refractivity contribution in [3.8, 4) is 5.75 Å². The molecule has 6 rings (SSSR count). The van der Waals surface area contributed by atoms with E-state index in [1.165, 1.54) is 53.3 Å². The minimum Gasteiger partial charge on any atom is -0.508 e. The lowest BCUT2D eigenvalue weighted by molar-refractivity contribution is -0.890. The number of phenolic OH excluding ortho intramolecular Hbond substituents is 1. The van der Waals surface area contributed by atoms with Crippen molar-refractivity contribution < 1.29 is 33.9 Å². The Morgan fingerprint density at radius 2 is 1.80 bits per heavy atom. The van der Waals surface area contributed by atoms with Gasteiger partial charge in [-0.3, -0.25) is 19.2 Å². The largest absolute Gasteiger partial charge is 0.508 e. The van der Waals surface area contributed by atoms with E-state index in [0.29, 0.717) is 5.95 Å². The molecular formula is C30H35N8O7S+. The van der Waals surface area contributed by atoms with E-state index in [9.17, 15) is 34.2 Å². The smallest absolute Gasteiger partial charge is 0.327 e. The van der Waals surface area contributed by atoms with Crippen molar-refractivity contribution in [3.63, 3.8) is 0 Å². The van der Waals surface area contributed by atoms with E-state index in [-0.39, 0.29) is 27.9 Å². The van der Waals surface area contributed by atoms with Gasteiger partial charge in [-0.05, 0) is 31.5 Å². The molecule has 242 valence electrons. The third-order valence-electron chi connectivity index (χ3n) is 8.83. The van der Waals surface area contributed by atoms with Gasteiger partial charge in [-0.2, -0.15) is 4.98 Å². The van der Waals surface area contributed by atoms with Crippen molar-refractivity contribution in [2.24, 2.45) is 0 Å². The summed E-state index contributed by atoms with van der Waals surface area (Å²) in [6.45, 7) is 6.79. The van der Waals surface area contributed by atoms with Gasteiger partial charge in [0, 0.05) is 17.1 Å². The molecule has 3 aliphatic rings. The van der Waals surface area contributed by atoms with Crippen LogP contribution < -0.4 is 21.0 Å². The number of aliphatic carboxylic acids is 1. The number of hydrogen-bond donors (Lipinski definition) is 5. The van der Waals surface area contributed by atoms with Crippen LogP contribution in [0.15, 0.2) is 41.5 Å². The Balaban J connectivity index is 1.23.